The fraction of sp³-hybridized carbons (Fsp3) is 0. The molecular formula is C7H7N3O2S. The quantitative estimate of drug-likeness (QED) is 0.309. The minimum Gasteiger partial charge on any atom is -0.463 e. The third kappa shape index (κ3) is 2.68. The van der Waals surface area contributed by atoms with Gasteiger partial charge in [0.15, 0.2) is 22.9 Å². The summed E-state index contributed by atoms with van der Waals surface area (Å²) in [6, 6.07) is 3.25. The second-order valence-corrected chi connectivity index (χ2v) is 2.51. The van der Waals surface area contributed by atoms with E-state index in [-0.39, 0.29) is 10.8 Å². The summed E-state index contributed by atoms with van der Waals surface area (Å²) in [7, 11) is 0. The number of thiocarbonyl (C=S) groups is 1. The topological polar surface area (TPSA) is 80.6 Å². The molecule has 13 heavy (non-hydrogen) atoms. The van der Waals surface area contributed by atoms with Gasteiger partial charge in [0, 0.05) is 0 Å². The fourth-order valence-corrected chi connectivity index (χ4v) is 0.725. The SMILES string of the molecule is NC(=S)NN=C(C=O)c1ccco1. The van der Waals surface area contributed by atoms with Gasteiger partial charge in [-0.15, -0.1) is 0 Å². The van der Waals surface area contributed by atoms with Gasteiger partial charge >= 0.3 is 0 Å². The molecule has 1 aromatic heterocycles. The van der Waals surface area contributed by atoms with E-state index in [2.05, 4.69) is 22.7 Å². The van der Waals surface area contributed by atoms with Crippen LogP contribution in [0, 0.1) is 0 Å². The zero-order valence-electron chi connectivity index (χ0n) is 6.56. The van der Waals surface area contributed by atoms with Gasteiger partial charge in [-0.3, -0.25) is 10.2 Å². The molecule has 0 radical (unpaired) electrons. The highest BCUT2D eigenvalue weighted by molar-refractivity contribution is 7.80. The van der Waals surface area contributed by atoms with Crippen molar-refractivity contribution in [3.05, 3.63) is 24.2 Å². The van der Waals surface area contributed by atoms with Crippen LogP contribution in [0.1, 0.15) is 5.76 Å². The monoisotopic (exact) mass is 197 g/mol. The molecule has 1 rings (SSSR count). The fourth-order valence-electron chi connectivity index (χ4n) is 0.679. The Labute approximate surface area is 79.6 Å². The van der Waals surface area contributed by atoms with Gasteiger partial charge in [0.05, 0.1) is 6.26 Å². The molecule has 0 fully saturated rings. The number of carbonyl (C=O) groups is 1. The molecule has 0 aliphatic heterocycles. The normalized spacial score (nSPS) is 10.9. The maximum atomic E-state index is 10.5. The molecule has 0 aliphatic carbocycles. The van der Waals surface area contributed by atoms with Crippen LogP contribution >= 0.6 is 12.2 Å². The van der Waals surface area contributed by atoms with Crippen molar-refractivity contribution in [2.24, 2.45) is 10.8 Å². The Morgan fingerprint density at radius 2 is 2.54 bits per heavy atom. The maximum Gasteiger partial charge on any atom is 0.184 e. The van der Waals surface area contributed by atoms with Crippen LogP contribution in [-0.4, -0.2) is 17.1 Å². The predicted octanol–water partition coefficient (Wildman–Crippen LogP) is 0.0158. The van der Waals surface area contributed by atoms with Gasteiger partial charge in [-0.25, -0.2) is 0 Å². The van der Waals surface area contributed by atoms with Gasteiger partial charge in [-0.05, 0) is 24.4 Å². The first-order chi connectivity index (χ1) is 6.24. The zero-order valence-corrected chi connectivity index (χ0v) is 7.38. The molecule has 6 heteroatoms. The second kappa shape index (κ2) is 4.36. The third-order valence-corrected chi connectivity index (χ3v) is 1.26. The molecule has 0 saturated heterocycles. The average molecular weight is 197 g/mol. The van der Waals surface area contributed by atoms with Gasteiger partial charge in [0.2, 0.25) is 0 Å². The van der Waals surface area contributed by atoms with Crippen molar-refractivity contribution < 1.29 is 9.21 Å². The minimum absolute atomic E-state index is 0.00842. The highest BCUT2D eigenvalue weighted by Gasteiger charge is 2.04. The summed E-state index contributed by atoms with van der Waals surface area (Å²) >= 11 is 4.50. The summed E-state index contributed by atoms with van der Waals surface area (Å²) in [5, 5.41) is 3.61. The number of aldehydes is 1. The number of nitrogens with two attached hydrogens (primary N) is 1. The van der Waals surface area contributed by atoms with Crippen molar-refractivity contribution >= 4 is 29.3 Å². The number of hydrogen-bond acceptors (Lipinski definition) is 4. The molecule has 5 nitrogen and oxygen atoms in total. The summed E-state index contributed by atoms with van der Waals surface area (Å²) in [5.74, 6) is 0.360. The van der Waals surface area contributed by atoms with E-state index in [1.165, 1.54) is 6.26 Å². The van der Waals surface area contributed by atoms with Crippen LogP contribution in [0.3, 0.4) is 0 Å². The molecule has 1 aromatic rings. The van der Waals surface area contributed by atoms with E-state index in [4.69, 9.17) is 10.2 Å². The van der Waals surface area contributed by atoms with Crippen molar-refractivity contribution in [2.75, 3.05) is 0 Å². The summed E-state index contributed by atoms with van der Waals surface area (Å²) < 4.78 is 4.93. The first-order valence-electron chi connectivity index (χ1n) is 3.36. The molecule has 0 aliphatic rings. The van der Waals surface area contributed by atoms with E-state index in [1.54, 1.807) is 12.1 Å². The number of nitrogens with zero attached hydrogens (tertiary/aromatic N) is 1. The molecule has 68 valence electrons. The smallest absolute Gasteiger partial charge is 0.184 e. The summed E-state index contributed by atoms with van der Waals surface area (Å²) in [6.45, 7) is 0. The highest BCUT2D eigenvalue weighted by atomic mass is 32.1. The number of hydrazone groups is 1. The lowest BCUT2D eigenvalue weighted by molar-refractivity contribution is -0.102. The van der Waals surface area contributed by atoms with E-state index in [0.29, 0.717) is 12.0 Å². The second-order valence-electron chi connectivity index (χ2n) is 2.07. The maximum absolute atomic E-state index is 10.5. The van der Waals surface area contributed by atoms with E-state index in [1.807, 2.05) is 0 Å². The Morgan fingerprint density at radius 1 is 1.77 bits per heavy atom. The van der Waals surface area contributed by atoms with Crippen LogP contribution in [0.5, 0.6) is 0 Å². The van der Waals surface area contributed by atoms with Crippen molar-refractivity contribution in [2.45, 2.75) is 0 Å². The van der Waals surface area contributed by atoms with E-state index in [9.17, 15) is 4.79 Å². The van der Waals surface area contributed by atoms with Crippen molar-refractivity contribution in [3.8, 4) is 0 Å². The standard InChI is InChI=1S/C7H7N3O2S/c8-7(13)10-9-5(4-11)6-2-1-3-12-6/h1-4H,(H3,8,10,13). The lowest BCUT2D eigenvalue weighted by Crippen LogP contribution is -2.25. The minimum atomic E-state index is -0.00842. The highest BCUT2D eigenvalue weighted by Crippen LogP contribution is 1.99. The molecule has 0 amide bonds. The molecule has 0 atom stereocenters. The van der Waals surface area contributed by atoms with Crippen LogP contribution in [0.25, 0.3) is 0 Å². The van der Waals surface area contributed by atoms with Gasteiger partial charge < -0.3 is 10.2 Å². The lowest BCUT2D eigenvalue weighted by atomic mass is 10.3. The van der Waals surface area contributed by atoms with E-state index >= 15 is 0 Å². The first kappa shape index (κ1) is 9.40. The Bertz CT molecular complexity index is 332. The molecule has 3 N–H and O–H groups in total. The average Bonchev–Trinajstić information content (AvgIpc) is 2.58. The Kier molecular flexibility index (Phi) is 3.15. The number of carbonyl (C=O) groups excluding carboxylic acids is 1. The third-order valence-electron chi connectivity index (χ3n) is 1.17. The molecule has 0 unspecified atom stereocenters. The van der Waals surface area contributed by atoms with E-state index < -0.39 is 0 Å². The van der Waals surface area contributed by atoms with Crippen molar-refractivity contribution in [3.63, 3.8) is 0 Å². The van der Waals surface area contributed by atoms with Crippen LogP contribution in [0.15, 0.2) is 27.9 Å². The van der Waals surface area contributed by atoms with Crippen molar-refractivity contribution in [1.29, 1.82) is 0 Å². The van der Waals surface area contributed by atoms with Crippen molar-refractivity contribution in [1.82, 2.24) is 5.43 Å². The summed E-state index contributed by atoms with van der Waals surface area (Å²) in [5.41, 5.74) is 7.52. The van der Waals surface area contributed by atoms with Gasteiger partial charge in [0.1, 0.15) is 0 Å². The number of nitrogens with one attached hydrogen (secondary N) is 1. The number of rotatable bonds is 3. The molecule has 1 heterocycles. The van der Waals surface area contributed by atoms with Gasteiger partial charge in [-0.1, -0.05) is 0 Å². The first-order valence-corrected chi connectivity index (χ1v) is 3.77. The largest absolute Gasteiger partial charge is 0.463 e. The van der Waals surface area contributed by atoms with Crippen LogP contribution in [0.2, 0.25) is 0 Å². The number of hydrogen-bond donors (Lipinski definition) is 2. The summed E-state index contributed by atoms with van der Waals surface area (Å²) in [4.78, 5) is 10.5. The molecule has 0 bridgehead atoms. The van der Waals surface area contributed by atoms with Gasteiger partial charge in [-0.2, -0.15) is 5.10 Å². The molecule has 0 saturated carbocycles. The molecule has 0 spiro atoms. The lowest BCUT2D eigenvalue weighted by Gasteiger charge is -1.96. The zero-order chi connectivity index (χ0) is 9.68. The van der Waals surface area contributed by atoms with Crippen LogP contribution in [-0.2, 0) is 4.79 Å². The van der Waals surface area contributed by atoms with E-state index in [0.717, 1.165) is 0 Å². The molecular weight excluding hydrogens is 190 g/mol. The Morgan fingerprint density at radius 3 is 3.00 bits per heavy atom. The Hall–Kier alpha value is -1.69. The Balaban J connectivity index is 2.79. The van der Waals surface area contributed by atoms with Crippen LogP contribution < -0.4 is 11.2 Å². The molecule has 0 aromatic carbocycles. The number of furan rings is 1. The predicted molar refractivity (Wildman–Crippen MR) is 51.2 cm³/mol. The van der Waals surface area contributed by atoms with Crippen LogP contribution in [0.4, 0.5) is 0 Å². The summed E-state index contributed by atoms with van der Waals surface area (Å²) in [6.07, 6.45) is 1.99. The van der Waals surface area contributed by atoms with Gasteiger partial charge in [0.25, 0.3) is 0 Å².